The highest BCUT2D eigenvalue weighted by atomic mass is 16.3. The molecule has 0 aromatic rings. The summed E-state index contributed by atoms with van der Waals surface area (Å²) in [6.45, 7) is 2.50. The van der Waals surface area contributed by atoms with E-state index in [-0.39, 0.29) is 12.6 Å². The molecule has 0 amide bonds. The zero-order chi connectivity index (χ0) is 8.11. The van der Waals surface area contributed by atoms with Crippen LogP contribution in [-0.2, 0) is 0 Å². The van der Waals surface area contributed by atoms with E-state index in [1.54, 1.807) is 0 Å². The summed E-state index contributed by atoms with van der Waals surface area (Å²) >= 11 is 0. The molecule has 2 bridgehead atoms. The molecule has 3 aliphatic carbocycles. The van der Waals surface area contributed by atoms with Crippen LogP contribution in [0.5, 0.6) is 0 Å². The van der Waals surface area contributed by atoms with E-state index in [4.69, 9.17) is 10.8 Å². The number of hydrogen-bond donors (Lipinski definition) is 2. The van der Waals surface area contributed by atoms with Gasteiger partial charge in [0.15, 0.2) is 0 Å². The largest absolute Gasteiger partial charge is 0.395 e. The monoisotopic (exact) mass is 155 g/mol. The molecule has 1 atom stereocenters. The maximum atomic E-state index is 8.77. The van der Waals surface area contributed by atoms with Crippen LogP contribution in [0.4, 0.5) is 0 Å². The fourth-order valence-electron chi connectivity index (χ4n) is 3.40. The van der Waals surface area contributed by atoms with Gasteiger partial charge in [-0.2, -0.15) is 0 Å². The van der Waals surface area contributed by atoms with Crippen molar-refractivity contribution >= 4 is 0 Å². The Balaban J connectivity index is 1.82. The number of aliphatic hydroxyl groups is 1. The Labute approximate surface area is 67.8 Å². The molecule has 2 nitrogen and oxygen atoms in total. The maximum absolute atomic E-state index is 8.77. The lowest BCUT2D eigenvalue weighted by Gasteiger charge is -2.70. The van der Waals surface area contributed by atoms with Gasteiger partial charge < -0.3 is 10.8 Å². The number of hydrogen-bond acceptors (Lipinski definition) is 2. The van der Waals surface area contributed by atoms with E-state index < -0.39 is 0 Å². The molecular weight excluding hydrogens is 138 g/mol. The Morgan fingerprint density at radius 1 is 1.45 bits per heavy atom. The molecule has 0 aliphatic heterocycles. The fraction of sp³-hybridized carbons (Fsp3) is 1.00. The van der Waals surface area contributed by atoms with Crippen LogP contribution in [0.1, 0.15) is 32.6 Å². The summed E-state index contributed by atoms with van der Waals surface area (Å²) < 4.78 is 0. The molecule has 2 heteroatoms. The summed E-state index contributed by atoms with van der Waals surface area (Å²) in [5.74, 6) is 0. The Morgan fingerprint density at radius 3 is 2.36 bits per heavy atom. The molecule has 11 heavy (non-hydrogen) atoms. The summed E-state index contributed by atoms with van der Waals surface area (Å²) in [4.78, 5) is 0. The zero-order valence-electron chi connectivity index (χ0n) is 7.14. The van der Waals surface area contributed by atoms with Crippen LogP contribution in [0.15, 0.2) is 0 Å². The van der Waals surface area contributed by atoms with Crippen molar-refractivity contribution in [2.75, 3.05) is 6.61 Å². The zero-order valence-corrected chi connectivity index (χ0v) is 7.14. The lowest BCUT2D eigenvalue weighted by molar-refractivity contribution is -0.198. The fourth-order valence-corrected chi connectivity index (χ4v) is 3.40. The van der Waals surface area contributed by atoms with Gasteiger partial charge >= 0.3 is 0 Å². The molecule has 0 aromatic heterocycles. The normalized spacial score (nSPS) is 49.4. The molecule has 0 aromatic carbocycles. The van der Waals surface area contributed by atoms with Gasteiger partial charge in [-0.05, 0) is 36.5 Å². The van der Waals surface area contributed by atoms with Gasteiger partial charge in [-0.25, -0.2) is 0 Å². The molecular formula is C9H17NO. The quantitative estimate of drug-likeness (QED) is 0.635. The van der Waals surface area contributed by atoms with E-state index >= 15 is 0 Å². The first-order valence-corrected chi connectivity index (χ1v) is 4.44. The second-order valence-electron chi connectivity index (χ2n) is 4.99. The molecule has 3 rings (SSSR count). The summed E-state index contributed by atoms with van der Waals surface area (Å²) in [5.41, 5.74) is 6.93. The van der Waals surface area contributed by atoms with Crippen molar-refractivity contribution in [3.05, 3.63) is 0 Å². The predicted molar refractivity (Wildman–Crippen MR) is 44.1 cm³/mol. The van der Waals surface area contributed by atoms with Gasteiger partial charge in [-0.3, -0.25) is 0 Å². The molecule has 3 N–H and O–H groups in total. The minimum Gasteiger partial charge on any atom is -0.395 e. The van der Waals surface area contributed by atoms with Crippen LogP contribution in [0.25, 0.3) is 0 Å². The van der Waals surface area contributed by atoms with Gasteiger partial charge in [0.05, 0.1) is 6.61 Å². The second-order valence-corrected chi connectivity index (χ2v) is 4.99. The summed E-state index contributed by atoms with van der Waals surface area (Å²) in [7, 11) is 0. The lowest BCUT2D eigenvalue weighted by atomic mass is 9.35. The average Bonchev–Trinajstić information content (AvgIpc) is 1.82. The van der Waals surface area contributed by atoms with Gasteiger partial charge in [-0.1, -0.05) is 6.92 Å². The van der Waals surface area contributed by atoms with Crippen molar-refractivity contribution in [3.8, 4) is 0 Å². The topological polar surface area (TPSA) is 46.2 Å². The van der Waals surface area contributed by atoms with Crippen molar-refractivity contribution in [3.63, 3.8) is 0 Å². The van der Waals surface area contributed by atoms with Crippen molar-refractivity contribution in [1.29, 1.82) is 0 Å². The van der Waals surface area contributed by atoms with E-state index in [0.717, 1.165) is 6.42 Å². The highest BCUT2D eigenvalue weighted by Gasteiger charge is 2.64. The van der Waals surface area contributed by atoms with E-state index in [0.29, 0.717) is 10.8 Å². The molecule has 0 unspecified atom stereocenters. The van der Waals surface area contributed by atoms with Gasteiger partial charge in [0.1, 0.15) is 0 Å². The Hall–Kier alpha value is -0.0800. The van der Waals surface area contributed by atoms with Gasteiger partial charge in [0, 0.05) is 6.04 Å². The molecule has 3 aliphatic rings. The third-order valence-corrected chi connectivity index (χ3v) is 3.34. The third-order valence-electron chi connectivity index (χ3n) is 3.34. The SMILES string of the molecule is CC12CC(C[C@@H](N)CO)(C1)C2. The molecule has 64 valence electrons. The summed E-state index contributed by atoms with van der Waals surface area (Å²) in [5, 5.41) is 8.77. The molecule has 0 heterocycles. The number of rotatable bonds is 3. The van der Waals surface area contributed by atoms with Gasteiger partial charge in [0.25, 0.3) is 0 Å². The first kappa shape index (κ1) is 7.56. The Morgan fingerprint density at radius 2 is 2.00 bits per heavy atom. The summed E-state index contributed by atoms with van der Waals surface area (Å²) in [6.07, 6.45) is 5.11. The number of nitrogens with two attached hydrogens (primary N) is 1. The lowest BCUT2D eigenvalue weighted by Crippen LogP contribution is -2.61. The van der Waals surface area contributed by atoms with E-state index in [2.05, 4.69) is 6.92 Å². The minimum atomic E-state index is 0.0276. The summed E-state index contributed by atoms with van der Waals surface area (Å²) in [6, 6.07) is 0.0276. The van der Waals surface area contributed by atoms with Crippen molar-refractivity contribution < 1.29 is 5.11 Å². The van der Waals surface area contributed by atoms with E-state index in [1.165, 1.54) is 19.3 Å². The smallest absolute Gasteiger partial charge is 0.0582 e. The van der Waals surface area contributed by atoms with Crippen LogP contribution < -0.4 is 5.73 Å². The van der Waals surface area contributed by atoms with Crippen LogP contribution in [0, 0.1) is 10.8 Å². The third kappa shape index (κ3) is 1.00. The highest BCUT2D eigenvalue weighted by Crippen LogP contribution is 2.74. The van der Waals surface area contributed by atoms with Crippen molar-refractivity contribution in [1.82, 2.24) is 0 Å². The molecule has 0 radical (unpaired) electrons. The minimum absolute atomic E-state index is 0.0276. The average molecular weight is 155 g/mol. The first-order valence-electron chi connectivity index (χ1n) is 4.44. The molecule has 0 spiro atoms. The Bertz CT molecular complexity index is 159. The first-order chi connectivity index (χ1) is 5.08. The molecule has 3 fully saturated rings. The number of aliphatic hydroxyl groups excluding tert-OH is 1. The van der Waals surface area contributed by atoms with Crippen LogP contribution in [0.3, 0.4) is 0 Å². The predicted octanol–water partition coefficient (Wildman–Crippen LogP) is 0.886. The Kier molecular flexibility index (Phi) is 1.37. The molecule has 0 saturated heterocycles. The van der Waals surface area contributed by atoms with Crippen molar-refractivity contribution in [2.24, 2.45) is 16.6 Å². The van der Waals surface area contributed by atoms with Gasteiger partial charge in [0.2, 0.25) is 0 Å². The van der Waals surface area contributed by atoms with Crippen LogP contribution >= 0.6 is 0 Å². The van der Waals surface area contributed by atoms with Crippen LogP contribution in [-0.4, -0.2) is 17.8 Å². The van der Waals surface area contributed by atoms with E-state index in [9.17, 15) is 0 Å². The van der Waals surface area contributed by atoms with Crippen molar-refractivity contribution in [2.45, 2.75) is 38.6 Å². The maximum Gasteiger partial charge on any atom is 0.0582 e. The second kappa shape index (κ2) is 1.99. The van der Waals surface area contributed by atoms with E-state index in [1.807, 2.05) is 0 Å². The highest BCUT2D eigenvalue weighted by molar-refractivity contribution is 5.15. The molecule has 3 saturated carbocycles. The van der Waals surface area contributed by atoms with Gasteiger partial charge in [-0.15, -0.1) is 0 Å². The standard InChI is InChI=1S/C9H17NO/c1-8-4-9(5-8,6-8)2-7(10)3-11/h7,11H,2-6,10H2,1H3/t7-,8?,9?/m1/s1. The van der Waals surface area contributed by atoms with Crippen LogP contribution in [0.2, 0.25) is 0 Å².